The van der Waals surface area contributed by atoms with Crippen LogP contribution < -0.4 is 10.2 Å². The van der Waals surface area contributed by atoms with Gasteiger partial charge in [0, 0.05) is 13.1 Å². The number of carbonyl (C=O) groups excluding carboxylic acids is 1. The van der Waals surface area contributed by atoms with Crippen molar-refractivity contribution >= 4 is 11.6 Å². The van der Waals surface area contributed by atoms with Crippen LogP contribution in [0.5, 0.6) is 0 Å². The van der Waals surface area contributed by atoms with E-state index < -0.39 is 17.2 Å². The number of benzene rings is 1. The number of rotatable bonds is 1. The highest BCUT2D eigenvalue weighted by atomic mass is 19.2. The molecule has 1 saturated heterocycles. The van der Waals surface area contributed by atoms with Crippen molar-refractivity contribution in [2.24, 2.45) is 0 Å². The first-order valence-corrected chi connectivity index (χ1v) is 5.83. The van der Waals surface area contributed by atoms with E-state index in [1.54, 1.807) is 19.9 Å². The van der Waals surface area contributed by atoms with Gasteiger partial charge in [0.05, 0.1) is 11.3 Å². The fourth-order valence-corrected chi connectivity index (χ4v) is 2.16. The number of carbonyl (C=O) groups is 1. The third-order valence-electron chi connectivity index (χ3n) is 3.32. The molecule has 1 aromatic rings. The summed E-state index contributed by atoms with van der Waals surface area (Å²) < 4.78 is 27.6. The van der Waals surface area contributed by atoms with Gasteiger partial charge in [-0.25, -0.2) is 8.78 Å². The van der Waals surface area contributed by atoms with Gasteiger partial charge in [0.1, 0.15) is 11.6 Å². The molecule has 1 fully saturated rings. The summed E-state index contributed by atoms with van der Waals surface area (Å²) in [5.41, 5.74) is -1.32. The van der Waals surface area contributed by atoms with E-state index in [1.807, 2.05) is 0 Å². The predicted octanol–water partition coefficient (Wildman–Crippen LogP) is 1.55. The molecule has 4 nitrogen and oxygen atoms in total. The van der Waals surface area contributed by atoms with E-state index in [0.717, 1.165) is 0 Å². The Balaban J connectivity index is 2.51. The van der Waals surface area contributed by atoms with E-state index in [2.05, 4.69) is 5.32 Å². The van der Waals surface area contributed by atoms with Crippen LogP contribution in [0.3, 0.4) is 0 Å². The fraction of sp³-hybridized carbons (Fsp3) is 0.385. The molecule has 100 valence electrons. The lowest BCUT2D eigenvalue weighted by molar-refractivity contribution is -0.126. The highest BCUT2D eigenvalue weighted by Gasteiger charge is 2.39. The fourth-order valence-electron chi connectivity index (χ4n) is 2.16. The standard InChI is InChI=1S/C13H13F2N3O/c1-13(2)12(19)17-5-6-18(13)9-4-3-8(7-16)10(14)11(9)15/h3-4H,5-6H2,1-2H3,(H,17,19). The largest absolute Gasteiger partial charge is 0.353 e. The van der Waals surface area contributed by atoms with E-state index in [9.17, 15) is 13.6 Å². The third-order valence-corrected chi connectivity index (χ3v) is 3.32. The lowest BCUT2D eigenvalue weighted by Crippen LogP contribution is -2.62. The molecular weight excluding hydrogens is 252 g/mol. The summed E-state index contributed by atoms with van der Waals surface area (Å²) in [7, 11) is 0. The first-order valence-electron chi connectivity index (χ1n) is 5.83. The van der Waals surface area contributed by atoms with Crippen LogP contribution in [0.15, 0.2) is 12.1 Å². The minimum Gasteiger partial charge on any atom is -0.353 e. The van der Waals surface area contributed by atoms with Gasteiger partial charge in [0.2, 0.25) is 5.91 Å². The monoisotopic (exact) mass is 265 g/mol. The molecule has 0 unspecified atom stereocenters. The Hall–Kier alpha value is -2.16. The Morgan fingerprint density at radius 2 is 2.05 bits per heavy atom. The molecule has 2 rings (SSSR count). The number of amides is 1. The highest BCUT2D eigenvalue weighted by molar-refractivity contribution is 5.90. The van der Waals surface area contributed by atoms with Gasteiger partial charge in [-0.2, -0.15) is 5.26 Å². The summed E-state index contributed by atoms with van der Waals surface area (Å²) in [5.74, 6) is -2.52. The minimum atomic E-state index is -1.18. The summed E-state index contributed by atoms with van der Waals surface area (Å²) in [6.45, 7) is 4.01. The molecule has 0 saturated carbocycles. The Labute approximate surface area is 109 Å². The average Bonchev–Trinajstić information content (AvgIpc) is 2.37. The normalized spacial score (nSPS) is 17.8. The van der Waals surface area contributed by atoms with Crippen molar-refractivity contribution in [2.45, 2.75) is 19.4 Å². The second-order valence-electron chi connectivity index (χ2n) is 4.84. The summed E-state index contributed by atoms with van der Waals surface area (Å²) >= 11 is 0. The van der Waals surface area contributed by atoms with E-state index in [0.29, 0.717) is 13.1 Å². The maximum absolute atomic E-state index is 14.0. The quantitative estimate of drug-likeness (QED) is 0.838. The Kier molecular flexibility index (Phi) is 3.14. The Morgan fingerprint density at radius 1 is 1.37 bits per heavy atom. The van der Waals surface area contributed by atoms with E-state index >= 15 is 0 Å². The lowest BCUT2D eigenvalue weighted by Gasteiger charge is -2.42. The van der Waals surface area contributed by atoms with Gasteiger partial charge >= 0.3 is 0 Å². The van der Waals surface area contributed by atoms with Gasteiger partial charge < -0.3 is 10.2 Å². The summed E-state index contributed by atoms with van der Waals surface area (Å²) in [6, 6.07) is 4.13. The van der Waals surface area contributed by atoms with Crippen molar-refractivity contribution in [2.75, 3.05) is 18.0 Å². The predicted molar refractivity (Wildman–Crippen MR) is 65.5 cm³/mol. The minimum absolute atomic E-state index is 0.00338. The molecule has 1 N–H and O–H groups in total. The number of hydrogen-bond donors (Lipinski definition) is 1. The second kappa shape index (κ2) is 4.50. The Morgan fingerprint density at radius 3 is 2.68 bits per heavy atom. The van der Waals surface area contributed by atoms with Gasteiger partial charge in [-0.05, 0) is 26.0 Å². The smallest absolute Gasteiger partial charge is 0.245 e. The number of anilines is 1. The molecule has 1 aliphatic heterocycles. The van der Waals surface area contributed by atoms with Gasteiger partial charge in [0.25, 0.3) is 0 Å². The number of nitriles is 1. The third kappa shape index (κ3) is 2.01. The molecular formula is C13H13F2N3O. The topological polar surface area (TPSA) is 56.1 Å². The SMILES string of the molecule is CC1(C)C(=O)NCCN1c1ccc(C#N)c(F)c1F. The van der Waals surface area contributed by atoms with Crippen LogP contribution in [-0.4, -0.2) is 24.5 Å². The molecule has 1 aliphatic rings. The summed E-state index contributed by atoms with van der Waals surface area (Å²) in [4.78, 5) is 13.3. The zero-order chi connectivity index (χ0) is 14.2. The maximum Gasteiger partial charge on any atom is 0.245 e. The second-order valence-corrected chi connectivity index (χ2v) is 4.84. The van der Waals surface area contributed by atoms with Crippen LogP contribution in [0.1, 0.15) is 19.4 Å². The van der Waals surface area contributed by atoms with Gasteiger partial charge in [-0.15, -0.1) is 0 Å². The van der Waals surface area contributed by atoms with Crippen LogP contribution in [0, 0.1) is 23.0 Å². The first kappa shape index (κ1) is 13.3. The number of hydrogen-bond acceptors (Lipinski definition) is 3. The zero-order valence-electron chi connectivity index (χ0n) is 10.6. The Bertz CT molecular complexity index is 578. The van der Waals surface area contributed by atoms with Crippen molar-refractivity contribution in [3.8, 4) is 6.07 Å². The van der Waals surface area contributed by atoms with Crippen LogP contribution in [-0.2, 0) is 4.79 Å². The van der Waals surface area contributed by atoms with Crippen molar-refractivity contribution in [1.29, 1.82) is 5.26 Å². The molecule has 0 bridgehead atoms. The highest BCUT2D eigenvalue weighted by Crippen LogP contribution is 2.30. The number of halogens is 2. The van der Waals surface area contributed by atoms with Crippen molar-refractivity contribution in [3.63, 3.8) is 0 Å². The van der Waals surface area contributed by atoms with Crippen LogP contribution in [0.25, 0.3) is 0 Å². The molecule has 0 aliphatic carbocycles. The summed E-state index contributed by atoms with van der Waals surface area (Å²) in [5, 5.41) is 11.3. The van der Waals surface area contributed by atoms with Crippen LogP contribution >= 0.6 is 0 Å². The van der Waals surface area contributed by atoms with Gasteiger partial charge in [-0.3, -0.25) is 4.79 Å². The number of piperazine rings is 1. The molecule has 1 aromatic carbocycles. The van der Waals surface area contributed by atoms with Crippen molar-refractivity contribution in [3.05, 3.63) is 29.3 Å². The molecule has 0 atom stereocenters. The average molecular weight is 265 g/mol. The molecule has 1 heterocycles. The maximum atomic E-state index is 14.0. The molecule has 0 radical (unpaired) electrons. The van der Waals surface area contributed by atoms with Crippen LogP contribution in [0.4, 0.5) is 14.5 Å². The molecule has 0 aromatic heterocycles. The molecule has 1 amide bonds. The molecule has 19 heavy (non-hydrogen) atoms. The van der Waals surface area contributed by atoms with E-state index in [4.69, 9.17) is 5.26 Å². The lowest BCUT2D eigenvalue weighted by atomic mass is 9.97. The zero-order valence-corrected chi connectivity index (χ0v) is 10.6. The first-order chi connectivity index (χ1) is 8.89. The van der Waals surface area contributed by atoms with Gasteiger partial charge in [0.15, 0.2) is 11.6 Å². The molecule has 0 spiro atoms. The van der Waals surface area contributed by atoms with Crippen molar-refractivity contribution < 1.29 is 13.6 Å². The van der Waals surface area contributed by atoms with E-state index in [1.165, 1.54) is 17.0 Å². The van der Waals surface area contributed by atoms with Gasteiger partial charge in [-0.1, -0.05) is 0 Å². The molecule has 6 heteroatoms. The van der Waals surface area contributed by atoms with Crippen molar-refractivity contribution in [1.82, 2.24) is 5.32 Å². The number of nitrogens with one attached hydrogen (secondary N) is 1. The number of nitrogens with zero attached hydrogens (tertiary/aromatic N) is 2. The van der Waals surface area contributed by atoms with Crippen LogP contribution in [0.2, 0.25) is 0 Å². The van der Waals surface area contributed by atoms with E-state index in [-0.39, 0.29) is 17.2 Å². The summed E-state index contributed by atoms with van der Waals surface area (Å²) in [6.07, 6.45) is 0.